The fraction of sp³-hybridized carbons (Fsp3) is 0.783. The Morgan fingerprint density at radius 3 is 2.38 bits per heavy atom. The van der Waals surface area contributed by atoms with Crippen molar-refractivity contribution >= 4 is 13.7 Å². The SMILES string of the molecule is CC(=O)N[C@H]1[C@@H](OP(=O)(O)OCCC(C)CC/C=C(\C)CCC=C(C)C)O[C@H](CO)[C@@H](O)[C@@H]1O. The van der Waals surface area contributed by atoms with Crippen molar-refractivity contribution in [2.24, 2.45) is 5.92 Å². The van der Waals surface area contributed by atoms with Gasteiger partial charge in [0.25, 0.3) is 0 Å². The van der Waals surface area contributed by atoms with E-state index in [-0.39, 0.29) is 12.5 Å². The molecule has 1 amide bonds. The van der Waals surface area contributed by atoms with E-state index in [0.717, 1.165) is 25.7 Å². The minimum Gasteiger partial charge on any atom is -0.394 e. The molecule has 0 aromatic carbocycles. The lowest BCUT2D eigenvalue weighted by Gasteiger charge is -2.42. The Morgan fingerprint density at radius 1 is 1.12 bits per heavy atom. The number of rotatable bonds is 14. The van der Waals surface area contributed by atoms with E-state index >= 15 is 0 Å². The Morgan fingerprint density at radius 2 is 1.79 bits per heavy atom. The van der Waals surface area contributed by atoms with E-state index in [9.17, 15) is 29.6 Å². The maximum absolute atomic E-state index is 12.4. The van der Waals surface area contributed by atoms with Gasteiger partial charge in [-0.2, -0.15) is 0 Å². The van der Waals surface area contributed by atoms with Crippen LogP contribution in [-0.4, -0.2) is 70.0 Å². The van der Waals surface area contributed by atoms with Crippen molar-refractivity contribution in [1.29, 1.82) is 0 Å². The fourth-order valence-corrected chi connectivity index (χ4v) is 4.38. The highest BCUT2D eigenvalue weighted by atomic mass is 31.2. The summed E-state index contributed by atoms with van der Waals surface area (Å²) < 4.78 is 27.8. The second-order valence-electron chi connectivity index (χ2n) is 9.18. The smallest absolute Gasteiger partial charge is 0.394 e. The lowest BCUT2D eigenvalue weighted by Crippen LogP contribution is -2.64. The predicted molar refractivity (Wildman–Crippen MR) is 128 cm³/mol. The summed E-state index contributed by atoms with van der Waals surface area (Å²) in [5.41, 5.74) is 2.65. The first kappa shape index (κ1) is 30.9. The van der Waals surface area contributed by atoms with E-state index in [0.29, 0.717) is 6.42 Å². The Bertz CT molecular complexity index is 738. The molecule has 5 N–H and O–H groups in total. The van der Waals surface area contributed by atoms with Crippen LogP contribution in [0.15, 0.2) is 23.3 Å². The standard InChI is InChI=1S/C23H42NO9P/c1-15(2)8-6-9-16(3)10-7-11-17(4)12-13-31-34(29,30)33-23-20(24-18(5)26)22(28)21(27)19(14-25)32-23/h8,10,17,19-23,25,27-28H,6-7,9,11-14H2,1-5H3,(H,24,26)(H,29,30)/b16-10+/t17?,19-,20-,21-,22-,23-/m1/s1. The van der Waals surface area contributed by atoms with Gasteiger partial charge in [-0.3, -0.25) is 13.8 Å². The van der Waals surface area contributed by atoms with Crippen LogP contribution < -0.4 is 5.32 Å². The minimum atomic E-state index is -4.61. The molecule has 198 valence electrons. The summed E-state index contributed by atoms with van der Waals surface area (Å²) in [5.74, 6) is -0.324. The van der Waals surface area contributed by atoms with Gasteiger partial charge in [0.2, 0.25) is 5.91 Å². The number of carbonyl (C=O) groups excluding carboxylic acids is 1. The van der Waals surface area contributed by atoms with Crippen molar-refractivity contribution in [1.82, 2.24) is 5.32 Å². The molecule has 11 heteroatoms. The fourth-order valence-electron chi connectivity index (χ4n) is 3.54. The number of carbonyl (C=O) groups is 1. The zero-order valence-electron chi connectivity index (χ0n) is 20.8. The predicted octanol–water partition coefficient (Wildman–Crippen LogP) is 2.56. The molecule has 0 aromatic rings. The molecule has 0 bridgehead atoms. The quantitative estimate of drug-likeness (QED) is 0.176. The molecule has 7 atom stereocenters. The number of phosphoric acid groups is 1. The second-order valence-corrected chi connectivity index (χ2v) is 10.6. The highest BCUT2D eigenvalue weighted by molar-refractivity contribution is 7.47. The molecular weight excluding hydrogens is 465 g/mol. The molecule has 1 saturated heterocycles. The van der Waals surface area contributed by atoms with Gasteiger partial charge < -0.3 is 30.3 Å². The molecule has 0 spiro atoms. The van der Waals surface area contributed by atoms with Gasteiger partial charge in [-0.1, -0.05) is 30.2 Å². The molecule has 1 aliphatic rings. The van der Waals surface area contributed by atoms with Crippen LogP contribution in [0.3, 0.4) is 0 Å². The summed E-state index contributed by atoms with van der Waals surface area (Å²) in [7, 11) is -4.61. The van der Waals surface area contributed by atoms with E-state index in [1.165, 1.54) is 18.1 Å². The number of allylic oxidation sites excluding steroid dienone is 4. The number of aliphatic hydroxyl groups is 3. The number of ether oxygens (including phenoxy) is 1. The van der Waals surface area contributed by atoms with Gasteiger partial charge in [-0.15, -0.1) is 0 Å². The highest BCUT2D eigenvalue weighted by Gasteiger charge is 2.47. The summed E-state index contributed by atoms with van der Waals surface area (Å²) in [6.45, 7) is 8.78. The molecule has 1 rings (SSSR count). The third-order valence-corrected chi connectivity index (χ3v) is 6.58. The van der Waals surface area contributed by atoms with Crippen LogP contribution in [0.25, 0.3) is 0 Å². The van der Waals surface area contributed by atoms with Gasteiger partial charge in [-0.05, 0) is 58.8 Å². The van der Waals surface area contributed by atoms with Gasteiger partial charge >= 0.3 is 7.82 Å². The van der Waals surface area contributed by atoms with Crippen LogP contribution in [0, 0.1) is 5.92 Å². The van der Waals surface area contributed by atoms with Crippen LogP contribution in [0.1, 0.15) is 66.7 Å². The monoisotopic (exact) mass is 507 g/mol. The number of nitrogens with one attached hydrogen (secondary N) is 1. The zero-order valence-corrected chi connectivity index (χ0v) is 21.7. The Hall–Kier alpha value is -1.10. The number of phosphoric ester groups is 1. The molecule has 10 nitrogen and oxygen atoms in total. The summed E-state index contributed by atoms with van der Waals surface area (Å²) >= 11 is 0. The third-order valence-electron chi connectivity index (χ3n) is 5.60. The van der Waals surface area contributed by atoms with Crippen molar-refractivity contribution in [2.45, 2.75) is 97.4 Å². The largest absolute Gasteiger partial charge is 0.474 e. The van der Waals surface area contributed by atoms with E-state index in [1.54, 1.807) is 0 Å². The molecule has 1 heterocycles. The van der Waals surface area contributed by atoms with Crippen molar-refractivity contribution in [3.8, 4) is 0 Å². The van der Waals surface area contributed by atoms with E-state index in [4.69, 9.17) is 13.8 Å². The van der Waals surface area contributed by atoms with E-state index in [1.807, 2.05) is 6.92 Å². The Balaban J connectivity index is 2.52. The number of hydrogen-bond donors (Lipinski definition) is 5. The molecule has 1 fully saturated rings. The van der Waals surface area contributed by atoms with Gasteiger partial charge in [-0.25, -0.2) is 4.57 Å². The highest BCUT2D eigenvalue weighted by Crippen LogP contribution is 2.46. The molecule has 34 heavy (non-hydrogen) atoms. The molecule has 1 aliphatic heterocycles. The normalized spacial score (nSPS) is 28.1. The number of aliphatic hydroxyl groups excluding tert-OH is 3. The Kier molecular flexibility index (Phi) is 13.7. The Labute approximate surface area is 202 Å². The molecule has 0 radical (unpaired) electrons. The molecule has 0 saturated carbocycles. The van der Waals surface area contributed by atoms with Gasteiger partial charge in [0.1, 0.15) is 24.4 Å². The summed E-state index contributed by atoms with van der Waals surface area (Å²) in [5, 5.41) is 31.9. The first-order chi connectivity index (χ1) is 15.9. The lowest BCUT2D eigenvalue weighted by atomic mass is 9.97. The maximum Gasteiger partial charge on any atom is 0.474 e. The first-order valence-corrected chi connectivity index (χ1v) is 13.2. The van der Waals surface area contributed by atoms with E-state index < -0.39 is 51.0 Å². The van der Waals surface area contributed by atoms with Gasteiger partial charge in [0, 0.05) is 6.92 Å². The number of amides is 1. The van der Waals surface area contributed by atoms with Crippen molar-refractivity contribution in [3.05, 3.63) is 23.3 Å². The van der Waals surface area contributed by atoms with Crippen LogP contribution in [0.4, 0.5) is 0 Å². The van der Waals surface area contributed by atoms with Crippen molar-refractivity contribution < 1.29 is 43.4 Å². The molecule has 0 aromatic heterocycles. The van der Waals surface area contributed by atoms with Crippen LogP contribution in [0.2, 0.25) is 0 Å². The average molecular weight is 508 g/mol. The second kappa shape index (κ2) is 15.1. The lowest BCUT2D eigenvalue weighted by molar-refractivity contribution is -0.248. The van der Waals surface area contributed by atoms with E-state index in [2.05, 4.69) is 38.2 Å². The molecule has 0 aliphatic carbocycles. The summed E-state index contributed by atoms with van der Waals surface area (Å²) in [4.78, 5) is 21.6. The first-order valence-electron chi connectivity index (χ1n) is 11.7. The summed E-state index contributed by atoms with van der Waals surface area (Å²) in [6.07, 6.45) is 2.86. The topological polar surface area (TPSA) is 155 Å². The van der Waals surface area contributed by atoms with Crippen LogP contribution >= 0.6 is 7.82 Å². The average Bonchev–Trinajstić information content (AvgIpc) is 2.72. The number of hydrogen-bond acceptors (Lipinski definition) is 8. The molecule has 2 unspecified atom stereocenters. The maximum atomic E-state index is 12.4. The third kappa shape index (κ3) is 11.6. The minimum absolute atomic E-state index is 0.0374. The summed E-state index contributed by atoms with van der Waals surface area (Å²) in [6, 6.07) is -1.33. The van der Waals surface area contributed by atoms with Crippen LogP contribution in [0.5, 0.6) is 0 Å². The van der Waals surface area contributed by atoms with Crippen molar-refractivity contribution in [2.75, 3.05) is 13.2 Å². The zero-order chi connectivity index (χ0) is 25.9. The molecular formula is C23H42NO9P. The van der Waals surface area contributed by atoms with Crippen molar-refractivity contribution in [3.63, 3.8) is 0 Å². The van der Waals surface area contributed by atoms with Gasteiger partial charge in [0.05, 0.1) is 13.2 Å². The van der Waals surface area contributed by atoms with Crippen LogP contribution in [-0.2, 0) is 23.1 Å². The van der Waals surface area contributed by atoms with Gasteiger partial charge in [0.15, 0.2) is 6.29 Å².